The minimum atomic E-state index is -0.257. The van der Waals surface area contributed by atoms with Crippen LogP contribution in [-0.4, -0.2) is 27.7 Å². The molecule has 1 aromatic heterocycles. The number of carbonyl (C=O) groups is 1. The molecule has 5 nitrogen and oxygen atoms in total. The van der Waals surface area contributed by atoms with E-state index in [0.717, 1.165) is 28.8 Å². The predicted octanol–water partition coefficient (Wildman–Crippen LogP) is 4.38. The zero-order chi connectivity index (χ0) is 18.4. The monoisotopic (exact) mass is 366 g/mol. The number of amides is 1. The zero-order valence-electron chi connectivity index (χ0n) is 14.9. The molecular formula is C20H22N4OS. The first-order chi connectivity index (χ1) is 12.7. The average molecular weight is 366 g/mol. The molecule has 1 heterocycles. The highest BCUT2D eigenvalue weighted by Crippen LogP contribution is 2.28. The Labute approximate surface area is 157 Å². The molecule has 0 bridgehead atoms. The van der Waals surface area contributed by atoms with Gasteiger partial charge in [-0.2, -0.15) is 0 Å². The number of hydrogen-bond donors (Lipinski definition) is 2. The van der Waals surface area contributed by atoms with Gasteiger partial charge in [0.05, 0.1) is 10.8 Å². The van der Waals surface area contributed by atoms with E-state index in [4.69, 9.17) is 0 Å². The summed E-state index contributed by atoms with van der Waals surface area (Å²) in [5.74, 6) is 0.747. The third-order valence-electron chi connectivity index (χ3n) is 3.82. The molecule has 3 aromatic rings. The molecule has 0 aliphatic carbocycles. The summed E-state index contributed by atoms with van der Waals surface area (Å²) in [4.78, 5) is 21.4. The summed E-state index contributed by atoms with van der Waals surface area (Å²) >= 11 is 1.37. The van der Waals surface area contributed by atoms with E-state index in [9.17, 15) is 4.79 Å². The van der Waals surface area contributed by atoms with Gasteiger partial charge in [-0.1, -0.05) is 49.0 Å². The van der Waals surface area contributed by atoms with Gasteiger partial charge in [-0.25, -0.2) is 9.97 Å². The third-order valence-corrected chi connectivity index (χ3v) is 4.78. The molecule has 0 unspecified atom stereocenters. The van der Waals surface area contributed by atoms with Crippen molar-refractivity contribution < 1.29 is 4.79 Å². The van der Waals surface area contributed by atoms with Crippen LogP contribution in [0.25, 0.3) is 10.9 Å². The number of nitrogens with one attached hydrogen (secondary N) is 2. The number of carbonyl (C=O) groups excluding carboxylic acids is 1. The molecule has 2 aromatic carbocycles. The van der Waals surface area contributed by atoms with Crippen LogP contribution in [0.4, 0.5) is 11.5 Å². The molecule has 0 aliphatic heterocycles. The molecule has 0 aliphatic rings. The molecule has 0 radical (unpaired) electrons. The smallest absolute Gasteiger partial charge is 0.233 e. The maximum atomic E-state index is 12.1. The Bertz CT molecular complexity index is 885. The molecule has 0 saturated heterocycles. The highest BCUT2D eigenvalue weighted by Gasteiger charge is 2.17. The molecule has 1 amide bonds. The number of thioether (sulfide) groups is 1. The summed E-state index contributed by atoms with van der Waals surface area (Å²) in [5.41, 5.74) is 1.81. The second-order valence-electron chi connectivity index (χ2n) is 5.91. The molecule has 0 saturated carbocycles. The summed E-state index contributed by atoms with van der Waals surface area (Å²) < 4.78 is 0. The van der Waals surface area contributed by atoms with Crippen molar-refractivity contribution in [1.29, 1.82) is 0 Å². The molecule has 134 valence electrons. The Kier molecular flexibility index (Phi) is 6.07. The Morgan fingerprint density at radius 3 is 2.58 bits per heavy atom. The van der Waals surface area contributed by atoms with Gasteiger partial charge >= 0.3 is 0 Å². The normalized spacial score (nSPS) is 11.9. The predicted molar refractivity (Wildman–Crippen MR) is 108 cm³/mol. The highest BCUT2D eigenvalue weighted by molar-refractivity contribution is 8.00. The zero-order valence-corrected chi connectivity index (χ0v) is 15.7. The van der Waals surface area contributed by atoms with E-state index in [2.05, 4.69) is 20.6 Å². The SMILES string of the molecule is CCCNC(=O)[C@@H](C)Sc1nc(Nc2ccccc2)c2ccccc2n1. The lowest BCUT2D eigenvalue weighted by Gasteiger charge is -2.13. The van der Waals surface area contributed by atoms with Crippen molar-refractivity contribution in [2.24, 2.45) is 0 Å². The molecule has 1 atom stereocenters. The number of aromatic nitrogens is 2. The fourth-order valence-corrected chi connectivity index (χ4v) is 3.27. The van der Waals surface area contributed by atoms with Crippen LogP contribution < -0.4 is 10.6 Å². The van der Waals surface area contributed by atoms with Crippen molar-refractivity contribution in [2.45, 2.75) is 30.7 Å². The fraction of sp³-hybridized carbons (Fsp3) is 0.250. The summed E-state index contributed by atoms with van der Waals surface area (Å²) in [6.07, 6.45) is 0.917. The highest BCUT2D eigenvalue weighted by atomic mass is 32.2. The Morgan fingerprint density at radius 2 is 1.81 bits per heavy atom. The van der Waals surface area contributed by atoms with E-state index in [-0.39, 0.29) is 11.2 Å². The molecule has 0 spiro atoms. The van der Waals surface area contributed by atoms with E-state index < -0.39 is 0 Å². The van der Waals surface area contributed by atoms with E-state index >= 15 is 0 Å². The Hall–Kier alpha value is -2.60. The first-order valence-electron chi connectivity index (χ1n) is 8.70. The first kappa shape index (κ1) is 18.2. The van der Waals surface area contributed by atoms with Gasteiger partial charge in [0, 0.05) is 17.6 Å². The lowest BCUT2D eigenvalue weighted by molar-refractivity contribution is -0.120. The van der Waals surface area contributed by atoms with Gasteiger partial charge in [-0.05, 0) is 37.6 Å². The maximum absolute atomic E-state index is 12.1. The minimum absolute atomic E-state index is 0.00572. The van der Waals surface area contributed by atoms with Gasteiger partial charge in [0.2, 0.25) is 5.91 Å². The van der Waals surface area contributed by atoms with Gasteiger partial charge in [0.25, 0.3) is 0 Å². The number of nitrogens with zero attached hydrogens (tertiary/aromatic N) is 2. The maximum Gasteiger partial charge on any atom is 0.233 e. The second kappa shape index (κ2) is 8.67. The topological polar surface area (TPSA) is 66.9 Å². The standard InChI is InChI=1S/C20H22N4OS/c1-3-13-21-19(25)14(2)26-20-23-17-12-8-7-11-16(17)18(24-20)22-15-9-5-4-6-10-15/h4-12,14H,3,13H2,1-2H3,(H,21,25)(H,22,23,24)/t14-/m1/s1. The van der Waals surface area contributed by atoms with E-state index in [0.29, 0.717) is 11.7 Å². The molecule has 6 heteroatoms. The van der Waals surface area contributed by atoms with Crippen LogP contribution in [0.15, 0.2) is 59.8 Å². The summed E-state index contributed by atoms with van der Waals surface area (Å²) in [5, 5.41) is 7.55. The molecule has 2 N–H and O–H groups in total. The van der Waals surface area contributed by atoms with E-state index in [1.54, 1.807) is 0 Å². The van der Waals surface area contributed by atoms with Crippen molar-refractivity contribution in [3.8, 4) is 0 Å². The largest absolute Gasteiger partial charge is 0.355 e. The lowest BCUT2D eigenvalue weighted by Crippen LogP contribution is -2.31. The van der Waals surface area contributed by atoms with Crippen LogP contribution in [-0.2, 0) is 4.79 Å². The lowest BCUT2D eigenvalue weighted by atomic mass is 10.2. The number of rotatable bonds is 7. The van der Waals surface area contributed by atoms with Crippen molar-refractivity contribution in [3.05, 3.63) is 54.6 Å². The first-order valence-corrected chi connectivity index (χ1v) is 9.58. The summed E-state index contributed by atoms with van der Waals surface area (Å²) in [7, 11) is 0. The van der Waals surface area contributed by atoms with Gasteiger partial charge in [0.15, 0.2) is 5.16 Å². The fourth-order valence-electron chi connectivity index (χ4n) is 2.47. The molecule has 0 fully saturated rings. The van der Waals surface area contributed by atoms with Crippen molar-refractivity contribution >= 4 is 40.1 Å². The Balaban J connectivity index is 1.88. The van der Waals surface area contributed by atoms with Gasteiger partial charge < -0.3 is 10.6 Å². The number of fused-ring (bicyclic) bond motifs is 1. The van der Waals surface area contributed by atoms with Gasteiger partial charge in [-0.3, -0.25) is 4.79 Å². The number of anilines is 2. The van der Waals surface area contributed by atoms with Gasteiger partial charge in [0.1, 0.15) is 5.82 Å². The van der Waals surface area contributed by atoms with Gasteiger partial charge in [-0.15, -0.1) is 0 Å². The van der Waals surface area contributed by atoms with Crippen LogP contribution in [0, 0.1) is 0 Å². The van der Waals surface area contributed by atoms with Crippen molar-refractivity contribution in [3.63, 3.8) is 0 Å². The number of para-hydroxylation sites is 2. The van der Waals surface area contributed by atoms with Crippen molar-refractivity contribution in [1.82, 2.24) is 15.3 Å². The second-order valence-corrected chi connectivity index (χ2v) is 7.22. The number of benzene rings is 2. The van der Waals surface area contributed by atoms with Crippen LogP contribution in [0.1, 0.15) is 20.3 Å². The Morgan fingerprint density at radius 1 is 1.08 bits per heavy atom. The van der Waals surface area contributed by atoms with Crippen LogP contribution in [0.2, 0.25) is 0 Å². The molecule has 26 heavy (non-hydrogen) atoms. The van der Waals surface area contributed by atoms with Crippen LogP contribution in [0.3, 0.4) is 0 Å². The van der Waals surface area contributed by atoms with E-state index in [1.165, 1.54) is 11.8 Å². The summed E-state index contributed by atoms with van der Waals surface area (Å²) in [6, 6.07) is 17.8. The van der Waals surface area contributed by atoms with Crippen LogP contribution in [0.5, 0.6) is 0 Å². The van der Waals surface area contributed by atoms with Crippen molar-refractivity contribution in [2.75, 3.05) is 11.9 Å². The molecule has 3 rings (SSSR count). The third kappa shape index (κ3) is 4.52. The van der Waals surface area contributed by atoms with Crippen LogP contribution >= 0.6 is 11.8 Å². The average Bonchev–Trinajstić information content (AvgIpc) is 2.67. The molecular weight excluding hydrogens is 344 g/mol. The quantitative estimate of drug-likeness (QED) is 0.480. The number of hydrogen-bond acceptors (Lipinski definition) is 5. The van der Waals surface area contributed by atoms with E-state index in [1.807, 2.05) is 68.4 Å². The summed E-state index contributed by atoms with van der Waals surface area (Å²) in [6.45, 7) is 4.59. The minimum Gasteiger partial charge on any atom is -0.355 e.